The summed E-state index contributed by atoms with van der Waals surface area (Å²) >= 11 is 5.85. The summed E-state index contributed by atoms with van der Waals surface area (Å²) in [6.07, 6.45) is 4.25. The van der Waals surface area contributed by atoms with Gasteiger partial charge in [0.05, 0.1) is 0 Å². The molecule has 4 heteroatoms. The van der Waals surface area contributed by atoms with E-state index in [0.717, 1.165) is 25.8 Å². The number of likely N-dealkylation sites (tertiary alicyclic amines) is 1. The van der Waals surface area contributed by atoms with Gasteiger partial charge in [-0.05, 0) is 25.7 Å². The van der Waals surface area contributed by atoms with Gasteiger partial charge < -0.3 is 9.64 Å². The van der Waals surface area contributed by atoms with Gasteiger partial charge in [0, 0.05) is 25.1 Å². The summed E-state index contributed by atoms with van der Waals surface area (Å²) in [4.78, 5) is 13.7. The first-order valence-corrected chi connectivity index (χ1v) is 6.26. The number of ether oxygens (including phenoxy) is 1. The first kappa shape index (κ1) is 12.8. The predicted octanol–water partition coefficient (Wildman–Crippen LogP) is 2.03. The van der Waals surface area contributed by atoms with Crippen LogP contribution in [0.4, 0.5) is 0 Å². The summed E-state index contributed by atoms with van der Waals surface area (Å²) in [6, 6.07) is 0.221. The summed E-state index contributed by atoms with van der Waals surface area (Å²) in [7, 11) is 0. The molecule has 1 aliphatic rings. The third kappa shape index (κ3) is 3.99. The number of amides is 1. The second-order valence-electron chi connectivity index (χ2n) is 3.94. The summed E-state index contributed by atoms with van der Waals surface area (Å²) in [5.74, 6) is 0.633. The van der Waals surface area contributed by atoms with E-state index in [0.29, 0.717) is 12.5 Å². The van der Waals surface area contributed by atoms with Gasteiger partial charge in [-0.1, -0.05) is 6.92 Å². The number of rotatable bonds is 5. The zero-order valence-corrected chi connectivity index (χ0v) is 10.1. The minimum atomic E-state index is 0.0915. The van der Waals surface area contributed by atoms with Crippen LogP contribution in [0.5, 0.6) is 0 Å². The van der Waals surface area contributed by atoms with Gasteiger partial charge in [0.25, 0.3) is 0 Å². The molecule has 1 fully saturated rings. The molecule has 1 atom stereocenters. The molecule has 0 radical (unpaired) electrons. The van der Waals surface area contributed by atoms with E-state index in [1.807, 2.05) is 11.8 Å². The Hall–Kier alpha value is -0.280. The lowest BCUT2D eigenvalue weighted by Gasteiger charge is -2.34. The zero-order chi connectivity index (χ0) is 11.1. The van der Waals surface area contributed by atoms with Crippen molar-refractivity contribution in [3.63, 3.8) is 0 Å². The van der Waals surface area contributed by atoms with Crippen molar-refractivity contribution >= 4 is 17.5 Å². The molecule has 0 aliphatic carbocycles. The molecule has 1 unspecified atom stereocenters. The zero-order valence-electron chi connectivity index (χ0n) is 9.38. The Bertz CT molecular complexity index is 199. The maximum Gasteiger partial charge on any atom is 0.248 e. The SMILES string of the molecule is CCCOCC(=O)N1CCCCC1CCl. The Balaban J connectivity index is 2.34. The molecular formula is C11H20ClNO2. The monoisotopic (exact) mass is 233 g/mol. The number of hydrogen-bond acceptors (Lipinski definition) is 2. The van der Waals surface area contributed by atoms with Crippen molar-refractivity contribution in [1.82, 2.24) is 4.90 Å². The molecule has 1 aliphatic heterocycles. The topological polar surface area (TPSA) is 29.5 Å². The van der Waals surface area contributed by atoms with Crippen molar-refractivity contribution in [3.8, 4) is 0 Å². The minimum absolute atomic E-state index is 0.0915. The quantitative estimate of drug-likeness (QED) is 0.537. The molecule has 0 bridgehead atoms. The van der Waals surface area contributed by atoms with E-state index in [9.17, 15) is 4.79 Å². The number of carbonyl (C=O) groups is 1. The molecule has 0 aromatic rings. The fraction of sp³-hybridized carbons (Fsp3) is 0.909. The highest BCUT2D eigenvalue weighted by atomic mass is 35.5. The van der Waals surface area contributed by atoms with Crippen molar-refractivity contribution in [2.45, 2.75) is 38.6 Å². The molecule has 3 nitrogen and oxygen atoms in total. The van der Waals surface area contributed by atoms with Crippen LogP contribution in [0.3, 0.4) is 0 Å². The largest absolute Gasteiger partial charge is 0.372 e. The maximum atomic E-state index is 11.8. The van der Waals surface area contributed by atoms with Crippen LogP contribution in [0.15, 0.2) is 0 Å². The van der Waals surface area contributed by atoms with Crippen LogP contribution in [0.1, 0.15) is 32.6 Å². The summed E-state index contributed by atoms with van der Waals surface area (Å²) < 4.78 is 5.26. The predicted molar refractivity (Wildman–Crippen MR) is 61.2 cm³/mol. The number of nitrogens with zero attached hydrogens (tertiary/aromatic N) is 1. The Labute approximate surface area is 96.7 Å². The second-order valence-corrected chi connectivity index (χ2v) is 4.25. The first-order chi connectivity index (χ1) is 7.29. The highest BCUT2D eigenvalue weighted by Crippen LogP contribution is 2.18. The molecule has 15 heavy (non-hydrogen) atoms. The van der Waals surface area contributed by atoms with E-state index in [-0.39, 0.29) is 18.6 Å². The molecule has 1 heterocycles. The van der Waals surface area contributed by atoms with Crippen LogP contribution in [-0.2, 0) is 9.53 Å². The smallest absolute Gasteiger partial charge is 0.248 e. The van der Waals surface area contributed by atoms with Crippen LogP contribution in [0.2, 0.25) is 0 Å². The number of piperidine rings is 1. The number of hydrogen-bond donors (Lipinski definition) is 0. The van der Waals surface area contributed by atoms with E-state index < -0.39 is 0 Å². The van der Waals surface area contributed by atoms with Crippen molar-refractivity contribution in [2.75, 3.05) is 25.6 Å². The van der Waals surface area contributed by atoms with Crippen LogP contribution >= 0.6 is 11.6 Å². The highest BCUT2D eigenvalue weighted by molar-refractivity contribution is 6.18. The van der Waals surface area contributed by atoms with Crippen molar-refractivity contribution in [3.05, 3.63) is 0 Å². The van der Waals surface area contributed by atoms with Gasteiger partial charge >= 0.3 is 0 Å². The van der Waals surface area contributed by atoms with E-state index in [1.54, 1.807) is 0 Å². The fourth-order valence-electron chi connectivity index (χ4n) is 1.88. The maximum absolute atomic E-state index is 11.8. The van der Waals surface area contributed by atoms with Crippen molar-refractivity contribution in [2.24, 2.45) is 0 Å². The van der Waals surface area contributed by atoms with Crippen LogP contribution in [-0.4, -0.2) is 42.5 Å². The van der Waals surface area contributed by atoms with E-state index in [4.69, 9.17) is 16.3 Å². The van der Waals surface area contributed by atoms with Gasteiger partial charge in [-0.15, -0.1) is 11.6 Å². The van der Waals surface area contributed by atoms with Gasteiger partial charge in [0.2, 0.25) is 5.91 Å². The van der Waals surface area contributed by atoms with Gasteiger partial charge in [-0.2, -0.15) is 0 Å². The molecule has 88 valence electrons. The van der Waals surface area contributed by atoms with Gasteiger partial charge in [-0.3, -0.25) is 4.79 Å². The fourth-order valence-corrected chi connectivity index (χ4v) is 2.20. The minimum Gasteiger partial charge on any atom is -0.372 e. The summed E-state index contributed by atoms with van der Waals surface area (Å²) in [5, 5.41) is 0. The van der Waals surface area contributed by atoms with Gasteiger partial charge in [0.15, 0.2) is 0 Å². The standard InChI is InChI=1S/C11H20ClNO2/c1-2-7-15-9-11(14)13-6-4-3-5-10(13)8-12/h10H,2-9H2,1H3. The summed E-state index contributed by atoms with van der Waals surface area (Å²) in [6.45, 7) is 3.74. The molecule has 1 amide bonds. The van der Waals surface area contributed by atoms with Gasteiger partial charge in [0.1, 0.15) is 6.61 Å². The van der Waals surface area contributed by atoms with Crippen LogP contribution < -0.4 is 0 Å². The summed E-state index contributed by atoms with van der Waals surface area (Å²) in [5.41, 5.74) is 0. The highest BCUT2D eigenvalue weighted by Gasteiger charge is 2.25. The Morgan fingerprint density at radius 2 is 2.33 bits per heavy atom. The van der Waals surface area contributed by atoms with Crippen LogP contribution in [0.25, 0.3) is 0 Å². The van der Waals surface area contributed by atoms with Crippen molar-refractivity contribution in [1.29, 1.82) is 0 Å². The third-order valence-electron chi connectivity index (χ3n) is 2.70. The lowest BCUT2D eigenvalue weighted by Crippen LogP contribution is -2.46. The Morgan fingerprint density at radius 1 is 1.53 bits per heavy atom. The number of halogens is 1. The Morgan fingerprint density at radius 3 is 3.00 bits per heavy atom. The molecule has 0 aromatic heterocycles. The van der Waals surface area contributed by atoms with Crippen molar-refractivity contribution < 1.29 is 9.53 Å². The molecule has 0 N–H and O–H groups in total. The third-order valence-corrected chi connectivity index (χ3v) is 3.06. The average molecular weight is 234 g/mol. The average Bonchev–Trinajstić information content (AvgIpc) is 2.29. The van der Waals surface area contributed by atoms with Gasteiger partial charge in [-0.25, -0.2) is 0 Å². The number of carbonyl (C=O) groups excluding carboxylic acids is 1. The molecule has 0 spiro atoms. The normalized spacial score (nSPS) is 21.7. The van der Waals surface area contributed by atoms with E-state index in [1.165, 1.54) is 6.42 Å². The lowest BCUT2D eigenvalue weighted by molar-refractivity contribution is -0.139. The number of alkyl halides is 1. The van der Waals surface area contributed by atoms with E-state index >= 15 is 0 Å². The molecule has 0 aromatic carbocycles. The molecule has 1 rings (SSSR count). The molecule has 1 saturated heterocycles. The van der Waals surface area contributed by atoms with E-state index in [2.05, 4.69) is 0 Å². The second kappa shape index (κ2) is 7.07. The first-order valence-electron chi connectivity index (χ1n) is 5.72. The van der Waals surface area contributed by atoms with Crippen LogP contribution in [0, 0.1) is 0 Å². The molecule has 0 saturated carbocycles. The Kier molecular flexibility index (Phi) is 6.03. The lowest BCUT2D eigenvalue weighted by atomic mass is 10.0. The molecular weight excluding hydrogens is 214 g/mol.